The fraction of sp³-hybridized carbons (Fsp3) is 0.143. The quantitative estimate of drug-likeness (QED) is 0.418. The molecule has 0 saturated heterocycles. The van der Waals surface area contributed by atoms with Crippen LogP contribution >= 0.6 is 11.8 Å². The summed E-state index contributed by atoms with van der Waals surface area (Å²) in [5, 5.41) is 0. The minimum absolute atomic E-state index is 0.650. The van der Waals surface area contributed by atoms with Gasteiger partial charge in [-0.1, -0.05) is 12.1 Å². The number of ether oxygens (including phenoxy) is 1. The van der Waals surface area contributed by atoms with Crippen molar-refractivity contribution in [1.29, 1.82) is 0 Å². The van der Waals surface area contributed by atoms with Crippen LogP contribution in [0.2, 0.25) is 0 Å². The first kappa shape index (κ1) is 8.17. The van der Waals surface area contributed by atoms with Gasteiger partial charge in [-0.2, -0.15) is 0 Å². The molecule has 11 heavy (non-hydrogen) atoms. The molecule has 0 fully saturated rings. The number of hydrogen-bond acceptors (Lipinski definition) is 3. The van der Waals surface area contributed by atoms with E-state index in [1.54, 1.807) is 19.2 Å². The predicted octanol–water partition coefficient (Wildman–Crippen LogP) is 1.53. The first-order chi connectivity index (χ1) is 5.25. The summed E-state index contributed by atoms with van der Waals surface area (Å²) in [5.74, 6) is 5.97. The molecule has 0 radical (unpaired) electrons. The van der Waals surface area contributed by atoms with E-state index < -0.39 is 0 Å². The number of para-hydroxylation sites is 2. The van der Waals surface area contributed by atoms with Gasteiger partial charge in [0, 0.05) is 11.8 Å². The molecule has 0 spiro atoms. The summed E-state index contributed by atoms with van der Waals surface area (Å²) < 4.78 is 6.00. The average Bonchev–Trinajstić information content (AvgIpc) is 2.04. The maximum Gasteiger partial charge on any atom is 0.145 e. The molecular weight excluding hydrogens is 164 g/mol. The van der Waals surface area contributed by atoms with Gasteiger partial charge in [0.25, 0.3) is 0 Å². The standard InChI is InChI=1S/C7H9ClN2O/c1-11-7-5-3-2-4-6(7)10(8)9/h2-5H,9H2,1H3. The lowest BCUT2D eigenvalue weighted by molar-refractivity contribution is 0.416. The monoisotopic (exact) mass is 172 g/mol. The lowest BCUT2D eigenvalue weighted by atomic mass is 10.3. The zero-order valence-corrected chi connectivity index (χ0v) is 6.88. The van der Waals surface area contributed by atoms with Crippen molar-refractivity contribution in [2.75, 3.05) is 11.6 Å². The Kier molecular flexibility index (Phi) is 2.57. The normalized spacial score (nSPS) is 9.36. The van der Waals surface area contributed by atoms with Gasteiger partial charge in [-0.05, 0) is 12.1 Å². The molecule has 2 N–H and O–H groups in total. The van der Waals surface area contributed by atoms with Gasteiger partial charge in [0.1, 0.15) is 11.4 Å². The Morgan fingerprint density at radius 1 is 1.45 bits per heavy atom. The van der Waals surface area contributed by atoms with Crippen molar-refractivity contribution in [3.63, 3.8) is 0 Å². The fourth-order valence-electron chi connectivity index (χ4n) is 0.806. The molecular formula is C7H9ClN2O. The van der Waals surface area contributed by atoms with Crippen molar-refractivity contribution in [3.05, 3.63) is 24.3 Å². The van der Waals surface area contributed by atoms with Crippen LogP contribution in [0.25, 0.3) is 0 Å². The minimum Gasteiger partial charge on any atom is -0.494 e. The Hall–Kier alpha value is -0.930. The van der Waals surface area contributed by atoms with Crippen LogP contribution in [0, 0.1) is 0 Å². The van der Waals surface area contributed by atoms with Crippen LogP contribution < -0.4 is 15.1 Å². The van der Waals surface area contributed by atoms with Crippen LogP contribution in [0.15, 0.2) is 24.3 Å². The number of rotatable bonds is 2. The van der Waals surface area contributed by atoms with Crippen molar-refractivity contribution in [2.45, 2.75) is 0 Å². The van der Waals surface area contributed by atoms with Gasteiger partial charge in [-0.25, -0.2) is 10.4 Å². The predicted molar refractivity (Wildman–Crippen MR) is 45.5 cm³/mol. The zero-order chi connectivity index (χ0) is 8.27. The molecule has 1 aromatic carbocycles. The van der Waals surface area contributed by atoms with E-state index in [0.29, 0.717) is 11.4 Å². The van der Waals surface area contributed by atoms with Gasteiger partial charge >= 0.3 is 0 Å². The van der Waals surface area contributed by atoms with Crippen molar-refractivity contribution in [2.24, 2.45) is 5.84 Å². The van der Waals surface area contributed by atoms with Gasteiger partial charge < -0.3 is 4.74 Å². The van der Waals surface area contributed by atoms with Gasteiger partial charge in [-0.3, -0.25) is 0 Å². The molecule has 0 unspecified atom stereocenters. The van der Waals surface area contributed by atoms with Gasteiger partial charge in [0.05, 0.1) is 7.11 Å². The number of hydrazine groups is 1. The highest BCUT2D eigenvalue weighted by atomic mass is 35.5. The van der Waals surface area contributed by atoms with E-state index in [1.807, 2.05) is 12.1 Å². The average molecular weight is 173 g/mol. The second-order valence-electron chi connectivity index (χ2n) is 1.98. The van der Waals surface area contributed by atoms with Crippen molar-refractivity contribution >= 4 is 17.5 Å². The third kappa shape index (κ3) is 1.76. The number of nitrogens with two attached hydrogens (primary N) is 1. The molecule has 0 atom stereocenters. The highest BCUT2D eigenvalue weighted by Crippen LogP contribution is 2.26. The Morgan fingerprint density at radius 2 is 2.09 bits per heavy atom. The smallest absolute Gasteiger partial charge is 0.145 e. The minimum atomic E-state index is 0.650. The molecule has 1 rings (SSSR count). The summed E-state index contributed by atoms with van der Waals surface area (Å²) in [6.45, 7) is 0. The van der Waals surface area contributed by atoms with Crippen molar-refractivity contribution < 1.29 is 4.74 Å². The SMILES string of the molecule is COc1ccccc1N(N)Cl. The lowest BCUT2D eigenvalue weighted by Gasteiger charge is -2.11. The Bertz CT molecular complexity index is 240. The van der Waals surface area contributed by atoms with E-state index >= 15 is 0 Å². The maximum atomic E-state index is 5.52. The fourth-order valence-corrected chi connectivity index (χ4v) is 0.946. The molecule has 0 amide bonds. The van der Waals surface area contributed by atoms with E-state index in [2.05, 4.69) is 0 Å². The highest BCUT2D eigenvalue weighted by molar-refractivity contribution is 6.25. The summed E-state index contributed by atoms with van der Waals surface area (Å²) in [4.78, 5) is 0. The Labute approximate surface area is 70.4 Å². The van der Waals surface area contributed by atoms with Crippen molar-refractivity contribution in [1.82, 2.24) is 0 Å². The molecule has 0 aliphatic heterocycles. The zero-order valence-electron chi connectivity index (χ0n) is 6.12. The summed E-state index contributed by atoms with van der Waals surface area (Å²) in [5.41, 5.74) is 0.650. The number of halogens is 1. The summed E-state index contributed by atoms with van der Waals surface area (Å²) >= 11 is 5.52. The summed E-state index contributed by atoms with van der Waals surface area (Å²) in [6.07, 6.45) is 0. The molecule has 0 aromatic heterocycles. The summed E-state index contributed by atoms with van der Waals surface area (Å²) in [6, 6.07) is 7.24. The molecule has 0 heterocycles. The molecule has 0 bridgehead atoms. The molecule has 0 saturated carbocycles. The molecule has 0 aliphatic rings. The first-order valence-electron chi connectivity index (χ1n) is 3.09. The van der Waals surface area contributed by atoms with Crippen LogP contribution in [-0.4, -0.2) is 7.11 Å². The molecule has 60 valence electrons. The number of methoxy groups -OCH3 is 1. The van der Waals surface area contributed by atoms with E-state index in [0.717, 1.165) is 4.53 Å². The van der Waals surface area contributed by atoms with Gasteiger partial charge in [0.2, 0.25) is 0 Å². The van der Waals surface area contributed by atoms with Crippen LogP contribution in [0.3, 0.4) is 0 Å². The second-order valence-corrected chi connectivity index (χ2v) is 2.35. The van der Waals surface area contributed by atoms with E-state index in [-0.39, 0.29) is 0 Å². The number of nitrogens with zero attached hydrogens (tertiary/aromatic N) is 1. The second kappa shape index (κ2) is 3.46. The van der Waals surface area contributed by atoms with Crippen molar-refractivity contribution in [3.8, 4) is 5.75 Å². The van der Waals surface area contributed by atoms with Gasteiger partial charge in [-0.15, -0.1) is 0 Å². The third-order valence-electron chi connectivity index (χ3n) is 1.32. The summed E-state index contributed by atoms with van der Waals surface area (Å²) in [7, 11) is 1.57. The topological polar surface area (TPSA) is 38.5 Å². The number of benzene rings is 1. The van der Waals surface area contributed by atoms with Gasteiger partial charge in [0.15, 0.2) is 0 Å². The molecule has 3 nitrogen and oxygen atoms in total. The Balaban J connectivity index is 3.02. The van der Waals surface area contributed by atoms with Crippen LogP contribution in [0.4, 0.5) is 5.69 Å². The van der Waals surface area contributed by atoms with Crippen LogP contribution in [-0.2, 0) is 0 Å². The highest BCUT2D eigenvalue weighted by Gasteiger charge is 2.03. The largest absolute Gasteiger partial charge is 0.494 e. The lowest BCUT2D eigenvalue weighted by Crippen LogP contribution is -2.18. The number of anilines is 1. The first-order valence-corrected chi connectivity index (χ1v) is 3.43. The third-order valence-corrected chi connectivity index (χ3v) is 1.50. The molecule has 1 aromatic rings. The molecule has 0 aliphatic carbocycles. The van der Waals surface area contributed by atoms with E-state index in [9.17, 15) is 0 Å². The maximum absolute atomic E-state index is 5.52. The Morgan fingerprint density at radius 3 is 2.55 bits per heavy atom. The van der Waals surface area contributed by atoms with Crippen LogP contribution in [0.1, 0.15) is 0 Å². The van der Waals surface area contributed by atoms with E-state index in [4.69, 9.17) is 22.4 Å². The van der Waals surface area contributed by atoms with E-state index in [1.165, 1.54) is 0 Å². The number of hydrogen-bond donors (Lipinski definition) is 1. The molecule has 4 heteroatoms. The van der Waals surface area contributed by atoms with Crippen LogP contribution in [0.5, 0.6) is 5.75 Å².